The molecule has 0 saturated carbocycles. The molecule has 0 amide bonds. The van der Waals surface area contributed by atoms with E-state index in [-0.39, 0.29) is 5.92 Å². The monoisotopic (exact) mass is 182 g/mol. The van der Waals surface area contributed by atoms with Gasteiger partial charge in [0, 0.05) is 5.92 Å². The zero-order chi connectivity index (χ0) is 9.84. The molecule has 0 spiro atoms. The smallest absolute Gasteiger partial charge is 0.231 e. The summed E-state index contributed by atoms with van der Waals surface area (Å²) >= 11 is 0. The maximum absolute atomic E-state index is 9.30. The molecule has 2 atom stereocenters. The van der Waals surface area contributed by atoms with Crippen LogP contribution in [0.1, 0.15) is 25.5 Å². The van der Waals surface area contributed by atoms with Crippen molar-refractivity contribution in [3.8, 4) is 5.88 Å². The SMILES string of the molecule is COc1cnc(C(C)C(C)O)cn1. The molecule has 0 aromatic carbocycles. The highest BCUT2D eigenvalue weighted by molar-refractivity contribution is 5.10. The molecule has 0 aliphatic carbocycles. The molecule has 1 aromatic heterocycles. The van der Waals surface area contributed by atoms with Crippen molar-refractivity contribution in [2.75, 3.05) is 7.11 Å². The molecule has 13 heavy (non-hydrogen) atoms. The number of aliphatic hydroxyl groups excluding tert-OH is 1. The maximum Gasteiger partial charge on any atom is 0.231 e. The van der Waals surface area contributed by atoms with Gasteiger partial charge in [0.15, 0.2) is 0 Å². The Hall–Kier alpha value is -1.16. The van der Waals surface area contributed by atoms with E-state index in [1.54, 1.807) is 26.4 Å². The Morgan fingerprint density at radius 3 is 2.38 bits per heavy atom. The minimum atomic E-state index is -0.414. The van der Waals surface area contributed by atoms with Crippen LogP contribution in [0, 0.1) is 0 Å². The Labute approximate surface area is 77.6 Å². The number of hydrogen-bond acceptors (Lipinski definition) is 4. The molecular formula is C9H14N2O2. The highest BCUT2D eigenvalue weighted by Gasteiger charge is 2.12. The van der Waals surface area contributed by atoms with Crippen molar-refractivity contribution in [2.24, 2.45) is 0 Å². The van der Waals surface area contributed by atoms with E-state index < -0.39 is 6.10 Å². The molecule has 0 radical (unpaired) electrons. The van der Waals surface area contributed by atoms with Gasteiger partial charge in [0.25, 0.3) is 0 Å². The van der Waals surface area contributed by atoms with E-state index in [0.29, 0.717) is 5.88 Å². The van der Waals surface area contributed by atoms with E-state index in [4.69, 9.17) is 4.74 Å². The fourth-order valence-corrected chi connectivity index (χ4v) is 0.914. The molecule has 0 aliphatic rings. The highest BCUT2D eigenvalue weighted by atomic mass is 16.5. The summed E-state index contributed by atoms with van der Waals surface area (Å²) in [6, 6.07) is 0. The van der Waals surface area contributed by atoms with Crippen LogP contribution in [0.3, 0.4) is 0 Å². The molecule has 1 rings (SSSR count). The standard InChI is InChI=1S/C9H14N2O2/c1-6(7(2)12)8-4-11-9(13-3)5-10-8/h4-7,12H,1-3H3. The average Bonchev–Trinajstić information content (AvgIpc) is 2.17. The first kappa shape index (κ1) is 9.92. The summed E-state index contributed by atoms with van der Waals surface area (Å²) in [6.07, 6.45) is 2.76. The van der Waals surface area contributed by atoms with Gasteiger partial charge in [-0.3, -0.25) is 4.98 Å². The van der Waals surface area contributed by atoms with Gasteiger partial charge < -0.3 is 9.84 Å². The Bertz CT molecular complexity index is 259. The highest BCUT2D eigenvalue weighted by Crippen LogP contribution is 2.16. The van der Waals surface area contributed by atoms with Crippen molar-refractivity contribution < 1.29 is 9.84 Å². The number of methoxy groups -OCH3 is 1. The summed E-state index contributed by atoms with van der Waals surface area (Å²) in [7, 11) is 1.54. The number of aromatic nitrogens is 2. The van der Waals surface area contributed by atoms with E-state index in [1.807, 2.05) is 6.92 Å². The fraction of sp³-hybridized carbons (Fsp3) is 0.556. The predicted octanol–water partition coefficient (Wildman–Crippen LogP) is 0.969. The molecule has 0 fully saturated rings. The molecule has 4 nitrogen and oxygen atoms in total. The zero-order valence-electron chi connectivity index (χ0n) is 8.06. The lowest BCUT2D eigenvalue weighted by atomic mass is 10.0. The molecule has 72 valence electrons. The van der Waals surface area contributed by atoms with Crippen LogP contribution in [0.5, 0.6) is 5.88 Å². The van der Waals surface area contributed by atoms with Gasteiger partial charge in [-0.2, -0.15) is 0 Å². The van der Waals surface area contributed by atoms with Crippen molar-refractivity contribution in [1.29, 1.82) is 0 Å². The van der Waals surface area contributed by atoms with Gasteiger partial charge in [0.1, 0.15) is 0 Å². The van der Waals surface area contributed by atoms with Crippen LogP contribution in [0.15, 0.2) is 12.4 Å². The summed E-state index contributed by atoms with van der Waals surface area (Å²) in [6.45, 7) is 3.64. The van der Waals surface area contributed by atoms with Gasteiger partial charge in [-0.1, -0.05) is 6.92 Å². The molecule has 0 saturated heterocycles. The minimum absolute atomic E-state index is 0.00148. The van der Waals surface area contributed by atoms with Crippen LogP contribution in [0.25, 0.3) is 0 Å². The van der Waals surface area contributed by atoms with Crippen LogP contribution in [-0.2, 0) is 0 Å². The topological polar surface area (TPSA) is 55.2 Å². The third kappa shape index (κ3) is 2.39. The molecule has 1 aromatic rings. The van der Waals surface area contributed by atoms with Crippen LogP contribution >= 0.6 is 0 Å². The second-order valence-electron chi connectivity index (χ2n) is 3.01. The minimum Gasteiger partial charge on any atom is -0.480 e. The summed E-state index contributed by atoms with van der Waals surface area (Å²) in [5.74, 6) is 0.486. The number of rotatable bonds is 3. The number of hydrogen-bond donors (Lipinski definition) is 1. The van der Waals surface area contributed by atoms with Crippen molar-refractivity contribution in [1.82, 2.24) is 9.97 Å². The van der Waals surface area contributed by atoms with E-state index in [1.165, 1.54) is 0 Å². The van der Waals surface area contributed by atoms with Crippen LogP contribution in [0.2, 0.25) is 0 Å². The lowest BCUT2D eigenvalue weighted by molar-refractivity contribution is 0.167. The normalized spacial score (nSPS) is 15.1. The first-order chi connectivity index (χ1) is 6.15. The number of aliphatic hydroxyl groups is 1. The fourth-order valence-electron chi connectivity index (χ4n) is 0.914. The maximum atomic E-state index is 9.30. The van der Waals surface area contributed by atoms with E-state index in [2.05, 4.69) is 9.97 Å². The van der Waals surface area contributed by atoms with Crippen LogP contribution < -0.4 is 4.74 Å². The second kappa shape index (κ2) is 4.18. The molecule has 4 heteroatoms. The van der Waals surface area contributed by atoms with Gasteiger partial charge in [0.2, 0.25) is 5.88 Å². The number of ether oxygens (including phenoxy) is 1. The molecule has 0 bridgehead atoms. The van der Waals surface area contributed by atoms with E-state index in [0.717, 1.165) is 5.69 Å². The summed E-state index contributed by atoms with van der Waals surface area (Å²) in [5, 5.41) is 9.30. The van der Waals surface area contributed by atoms with E-state index >= 15 is 0 Å². The Morgan fingerprint density at radius 2 is 2.00 bits per heavy atom. The zero-order valence-corrected chi connectivity index (χ0v) is 8.06. The third-order valence-electron chi connectivity index (χ3n) is 2.05. The first-order valence-electron chi connectivity index (χ1n) is 4.19. The van der Waals surface area contributed by atoms with Gasteiger partial charge >= 0.3 is 0 Å². The molecular weight excluding hydrogens is 168 g/mol. The van der Waals surface area contributed by atoms with Gasteiger partial charge in [0.05, 0.1) is 31.3 Å². The molecule has 0 aliphatic heterocycles. The third-order valence-corrected chi connectivity index (χ3v) is 2.05. The Morgan fingerprint density at radius 1 is 1.31 bits per heavy atom. The van der Waals surface area contributed by atoms with Crippen molar-refractivity contribution in [2.45, 2.75) is 25.9 Å². The van der Waals surface area contributed by atoms with Gasteiger partial charge in [-0.05, 0) is 6.92 Å². The summed E-state index contributed by atoms with van der Waals surface area (Å²) in [4.78, 5) is 8.13. The van der Waals surface area contributed by atoms with Gasteiger partial charge in [-0.25, -0.2) is 4.98 Å². The van der Waals surface area contributed by atoms with Crippen molar-refractivity contribution in [3.05, 3.63) is 18.1 Å². The predicted molar refractivity (Wildman–Crippen MR) is 48.7 cm³/mol. The Balaban J connectivity index is 2.79. The van der Waals surface area contributed by atoms with Gasteiger partial charge in [-0.15, -0.1) is 0 Å². The van der Waals surface area contributed by atoms with Crippen molar-refractivity contribution in [3.63, 3.8) is 0 Å². The summed E-state index contributed by atoms with van der Waals surface area (Å²) in [5.41, 5.74) is 0.774. The van der Waals surface area contributed by atoms with Crippen molar-refractivity contribution >= 4 is 0 Å². The number of nitrogens with zero attached hydrogens (tertiary/aromatic N) is 2. The first-order valence-corrected chi connectivity index (χ1v) is 4.19. The van der Waals surface area contributed by atoms with Crippen LogP contribution in [0.4, 0.5) is 0 Å². The molecule has 1 heterocycles. The Kier molecular flexibility index (Phi) is 3.19. The molecule has 2 unspecified atom stereocenters. The molecule has 1 N–H and O–H groups in total. The summed E-state index contributed by atoms with van der Waals surface area (Å²) < 4.78 is 4.87. The lowest BCUT2D eigenvalue weighted by Gasteiger charge is -2.13. The van der Waals surface area contributed by atoms with Crippen LogP contribution in [-0.4, -0.2) is 28.3 Å². The largest absolute Gasteiger partial charge is 0.480 e. The quantitative estimate of drug-likeness (QED) is 0.756. The van der Waals surface area contributed by atoms with E-state index in [9.17, 15) is 5.11 Å². The lowest BCUT2D eigenvalue weighted by Crippen LogP contribution is -2.12. The second-order valence-corrected chi connectivity index (χ2v) is 3.01. The average molecular weight is 182 g/mol.